The van der Waals surface area contributed by atoms with E-state index in [1.54, 1.807) is 6.92 Å². The highest BCUT2D eigenvalue weighted by Gasteiger charge is 2.47. The molecule has 0 saturated carbocycles. The third-order valence-electron chi connectivity index (χ3n) is 9.48. The summed E-state index contributed by atoms with van der Waals surface area (Å²) in [7, 11) is 2.89. The molecule has 2 fully saturated rings. The van der Waals surface area contributed by atoms with Gasteiger partial charge in [-0.15, -0.1) is 0 Å². The number of hydrogen-bond acceptors (Lipinski definition) is 14. The Morgan fingerprint density at radius 3 is 1.47 bits per heavy atom. The zero-order chi connectivity index (χ0) is 49.6. The Balaban J connectivity index is -0.000000350. The van der Waals surface area contributed by atoms with Gasteiger partial charge in [-0.2, -0.15) is 0 Å². The molecule has 378 valence electrons. The van der Waals surface area contributed by atoms with Gasteiger partial charge in [0.25, 0.3) is 0 Å². The van der Waals surface area contributed by atoms with E-state index in [-0.39, 0.29) is 28.3 Å². The molecule has 14 heteroatoms. The molecule has 2 aliphatic heterocycles. The van der Waals surface area contributed by atoms with Crippen LogP contribution in [0.4, 0.5) is 0 Å². The predicted molar refractivity (Wildman–Crippen MR) is 251 cm³/mol. The summed E-state index contributed by atoms with van der Waals surface area (Å²) in [5.41, 5.74) is -0.339. The first kappa shape index (κ1) is 67.6. The molecule has 0 aliphatic carbocycles. The van der Waals surface area contributed by atoms with E-state index in [1.165, 1.54) is 52.7 Å². The van der Waals surface area contributed by atoms with E-state index in [0.29, 0.717) is 19.3 Å². The third-order valence-corrected chi connectivity index (χ3v) is 9.48. The number of rotatable bonds is 14. The maximum absolute atomic E-state index is 10.0. The quantitative estimate of drug-likeness (QED) is 0.0847. The number of unbranched alkanes of at least 4 members (excludes halogenated alkanes) is 2. The molecule has 0 bridgehead atoms. The van der Waals surface area contributed by atoms with E-state index in [1.807, 2.05) is 69.2 Å². The molecule has 0 aromatic heterocycles. The number of methoxy groups -OCH3 is 2. The second kappa shape index (κ2) is 36.2. The number of nitrogens with one attached hydrogen (secondary N) is 1. The van der Waals surface area contributed by atoms with Crippen LogP contribution in [0.25, 0.3) is 0 Å². The van der Waals surface area contributed by atoms with Crippen molar-refractivity contribution >= 4 is 0 Å². The molecule has 14 atom stereocenters. The van der Waals surface area contributed by atoms with Crippen molar-refractivity contribution in [3.05, 3.63) is 12.3 Å². The van der Waals surface area contributed by atoms with E-state index >= 15 is 0 Å². The molecule has 14 unspecified atom stereocenters. The highest BCUT2D eigenvalue weighted by atomic mass is 16.7. The van der Waals surface area contributed by atoms with Crippen molar-refractivity contribution in [2.45, 2.75) is 255 Å². The molecule has 14 nitrogen and oxygen atoms in total. The SMILES string of the molecule is CCC.CCC.CCC(O)C(O)C(O)C(O)CC(C)(C)C.CCCCC=CNCCC.COC1OC(C(C)(C)C)C(O)C(C)C1O.COC1OC(CC(C)(C)C)C(O)C(O)C1O. The van der Waals surface area contributed by atoms with Crippen molar-refractivity contribution < 1.29 is 64.9 Å². The van der Waals surface area contributed by atoms with Crippen LogP contribution < -0.4 is 5.32 Å². The summed E-state index contributed by atoms with van der Waals surface area (Å²) in [4.78, 5) is 0. The molecular formula is C48H103NO13. The fourth-order valence-corrected chi connectivity index (χ4v) is 5.99. The van der Waals surface area contributed by atoms with Crippen LogP contribution in [0.1, 0.15) is 175 Å². The van der Waals surface area contributed by atoms with Crippen LogP contribution in [-0.2, 0) is 18.9 Å². The number of allylic oxidation sites excluding steroid dienone is 1. The molecule has 0 aromatic rings. The lowest BCUT2D eigenvalue weighted by Crippen LogP contribution is -2.58. The lowest BCUT2D eigenvalue weighted by atomic mass is 9.78. The van der Waals surface area contributed by atoms with E-state index in [9.17, 15) is 46.0 Å². The van der Waals surface area contributed by atoms with Gasteiger partial charge in [0.1, 0.15) is 36.6 Å². The second-order valence-electron chi connectivity index (χ2n) is 20.1. The Bertz CT molecular complexity index is 1010. The van der Waals surface area contributed by atoms with Gasteiger partial charge >= 0.3 is 0 Å². The normalized spacial score (nSPS) is 28.3. The highest BCUT2D eigenvalue weighted by molar-refractivity contribution is 4.93. The summed E-state index contributed by atoms with van der Waals surface area (Å²) in [6, 6.07) is 0. The maximum Gasteiger partial charge on any atom is 0.186 e. The Hall–Kier alpha value is -0.980. The van der Waals surface area contributed by atoms with Gasteiger partial charge in [0, 0.05) is 26.7 Å². The van der Waals surface area contributed by atoms with Crippen LogP contribution in [0.2, 0.25) is 0 Å². The average molecular weight is 902 g/mol. The first-order chi connectivity index (χ1) is 28.5. The van der Waals surface area contributed by atoms with Crippen molar-refractivity contribution in [1.82, 2.24) is 5.32 Å². The fourth-order valence-electron chi connectivity index (χ4n) is 5.99. The minimum atomic E-state index is -1.29. The van der Waals surface area contributed by atoms with Crippen molar-refractivity contribution in [3.63, 3.8) is 0 Å². The Morgan fingerprint density at radius 2 is 1.08 bits per heavy atom. The summed E-state index contributed by atoms with van der Waals surface area (Å²) in [5, 5.41) is 90.1. The molecule has 2 saturated heterocycles. The van der Waals surface area contributed by atoms with E-state index in [0.717, 1.165) is 6.54 Å². The van der Waals surface area contributed by atoms with Crippen LogP contribution in [0.5, 0.6) is 0 Å². The van der Waals surface area contributed by atoms with Gasteiger partial charge in [-0.05, 0) is 54.5 Å². The van der Waals surface area contributed by atoms with Crippen molar-refractivity contribution in [1.29, 1.82) is 0 Å². The molecule has 2 rings (SSSR count). The fraction of sp³-hybridized carbons (Fsp3) is 0.958. The number of aliphatic hydroxyl groups is 9. The van der Waals surface area contributed by atoms with Crippen molar-refractivity contribution in [2.24, 2.45) is 22.2 Å². The van der Waals surface area contributed by atoms with Gasteiger partial charge in [0.2, 0.25) is 0 Å². The average Bonchev–Trinajstić information content (AvgIpc) is 3.17. The van der Waals surface area contributed by atoms with Crippen LogP contribution in [0, 0.1) is 22.2 Å². The molecular weight excluding hydrogens is 799 g/mol. The highest BCUT2D eigenvalue weighted by Crippen LogP contribution is 2.36. The number of hydrogen-bond donors (Lipinski definition) is 10. The van der Waals surface area contributed by atoms with Crippen LogP contribution in [-0.4, -0.2) is 146 Å². The zero-order valence-electron chi connectivity index (χ0n) is 43.0. The molecule has 0 aromatic carbocycles. The second-order valence-corrected chi connectivity index (χ2v) is 20.1. The van der Waals surface area contributed by atoms with E-state index < -0.39 is 73.6 Å². The monoisotopic (exact) mass is 902 g/mol. The number of ether oxygens (including phenoxy) is 4. The van der Waals surface area contributed by atoms with Gasteiger partial charge < -0.3 is 70.2 Å². The lowest BCUT2D eigenvalue weighted by Gasteiger charge is -2.45. The van der Waals surface area contributed by atoms with E-state index in [2.05, 4.69) is 59.1 Å². The number of aliphatic hydroxyl groups excluding tert-OH is 9. The van der Waals surface area contributed by atoms with Crippen LogP contribution in [0.15, 0.2) is 12.3 Å². The van der Waals surface area contributed by atoms with Gasteiger partial charge in [0.15, 0.2) is 12.6 Å². The molecule has 62 heavy (non-hydrogen) atoms. The van der Waals surface area contributed by atoms with Gasteiger partial charge in [-0.1, -0.05) is 149 Å². The van der Waals surface area contributed by atoms with Crippen LogP contribution in [0.3, 0.4) is 0 Å². The molecule has 2 heterocycles. The van der Waals surface area contributed by atoms with Gasteiger partial charge in [-0.25, -0.2) is 0 Å². The molecule has 0 spiro atoms. The summed E-state index contributed by atoms with van der Waals surface area (Å²) < 4.78 is 21.0. The van der Waals surface area contributed by atoms with Gasteiger partial charge in [0.05, 0.1) is 30.5 Å². The smallest absolute Gasteiger partial charge is 0.186 e. The van der Waals surface area contributed by atoms with E-state index in [4.69, 9.17) is 18.9 Å². The summed E-state index contributed by atoms with van der Waals surface area (Å²) in [6.07, 6.45) is 1.19. The largest absolute Gasteiger partial charge is 0.391 e. The Morgan fingerprint density at radius 1 is 0.613 bits per heavy atom. The minimum absolute atomic E-state index is 0.0358. The van der Waals surface area contributed by atoms with Crippen molar-refractivity contribution in [2.75, 3.05) is 20.8 Å². The minimum Gasteiger partial charge on any atom is -0.391 e. The molecule has 2 aliphatic rings. The topological polar surface area (TPSA) is 231 Å². The summed E-state index contributed by atoms with van der Waals surface area (Å²) in [6.45, 7) is 35.4. The Kier molecular flexibility index (Phi) is 39.5. The van der Waals surface area contributed by atoms with Gasteiger partial charge in [-0.3, -0.25) is 0 Å². The first-order valence-electron chi connectivity index (χ1n) is 23.4. The summed E-state index contributed by atoms with van der Waals surface area (Å²) in [5.74, 6) is -0.243. The first-order valence-corrected chi connectivity index (χ1v) is 23.4. The molecule has 0 amide bonds. The Labute approximate surface area is 379 Å². The molecule has 10 N–H and O–H groups in total. The third kappa shape index (κ3) is 31.0. The molecule has 0 radical (unpaired) electrons. The standard InChI is InChI=1S/C11H22O5.C11H22O4.C11H24O4.C9H19N.2C3H8/c1-11(2,3)5-6-7(12)8(13)9(14)10(15-4)16-6;1-6-7(12)9(11(2,3)4)15-10(14-5)8(6)13;1-5-7(12)9(14)10(15)8(13)6-11(2,3)4;1-3-5-6-7-9-10-8-4-2;2*1-3-2/h6-10,12-14H,5H2,1-4H3;6-10,12-13H,1-5H3;7-10,12-15H,5-6H2,1-4H3;7,9-10H,3-6,8H2,1-2H3;2*3H2,1-2H3. The summed E-state index contributed by atoms with van der Waals surface area (Å²) >= 11 is 0. The lowest BCUT2D eigenvalue weighted by molar-refractivity contribution is -0.293. The van der Waals surface area contributed by atoms with Crippen LogP contribution >= 0.6 is 0 Å². The zero-order valence-corrected chi connectivity index (χ0v) is 43.0. The van der Waals surface area contributed by atoms with Crippen molar-refractivity contribution in [3.8, 4) is 0 Å². The maximum atomic E-state index is 10.0. The predicted octanol–water partition coefficient (Wildman–Crippen LogP) is 6.44.